The summed E-state index contributed by atoms with van der Waals surface area (Å²) >= 11 is 7.40. The number of aromatic nitrogens is 1. The van der Waals surface area contributed by atoms with Crippen LogP contribution in [-0.4, -0.2) is 33.8 Å². The number of nitrogens with zero attached hydrogens (tertiary/aromatic N) is 3. The number of ether oxygens (including phenoxy) is 1. The number of hydrogen-bond acceptors (Lipinski definition) is 8. The Morgan fingerprint density at radius 1 is 1.24 bits per heavy atom. The first-order chi connectivity index (χ1) is 16.1. The maximum Gasteiger partial charge on any atom is 0.301 e. The van der Waals surface area contributed by atoms with Crippen molar-refractivity contribution >= 4 is 51.2 Å². The number of hydrogen-bond donors (Lipinski definition) is 1. The van der Waals surface area contributed by atoms with Gasteiger partial charge in [0.25, 0.3) is 11.5 Å². The van der Waals surface area contributed by atoms with Crippen LogP contribution in [0.2, 0.25) is 5.02 Å². The van der Waals surface area contributed by atoms with Crippen LogP contribution in [0.25, 0.3) is 5.76 Å². The van der Waals surface area contributed by atoms with E-state index in [-0.39, 0.29) is 32.5 Å². The van der Waals surface area contributed by atoms with E-state index in [9.17, 15) is 24.8 Å². The van der Waals surface area contributed by atoms with E-state index in [2.05, 4.69) is 4.98 Å². The highest BCUT2D eigenvalue weighted by molar-refractivity contribution is 7.16. The first-order valence-corrected chi connectivity index (χ1v) is 11.2. The second kappa shape index (κ2) is 8.88. The summed E-state index contributed by atoms with van der Waals surface area (Å²) in [5.41, 5.74) is 0.701. The average Bonchev–Trinajstić information content (AvgIpc) is 3.28. The molecule has 0 spiro atoms. The van der Waals surface area contributed by atoms with Gasteiger partial charge < -0.3 is 9.84 Å². The van der Waals surface area contributed by atoms with Crippen molar-refractivity contribution in [3.8, 4) is 5.75 Å². The number of nitro benzene ring substituents is 1. The molecule has 9 nitrogen and oxygen atoms in total. The van der Waals surface area contributed by atoms with Gasteiger partial charge in [-0.05, 0) is 37.6 Å². The summed E-state index contributed by atoms with van der Waals surface area (Å²) < 4.78 is 5.13. The van der Waals surface area contributed by atoms with Gasteiger partial charge in [0.2, 0.25) is 0 Å². The summed E-state index contributed by atoms with van der Waals surface area (Å²) in [6.45, 7) is 3.60. The number of aliphatic hydroxyl groups excluding tert-OH is 1. The molecule has 2 heterocycles. The lowest BCUT2D eigenvalue weighted by molar-refractivity contribution is -0.384. The van der Waals surface area contributed by atoms with E-state index >= 15 is 0 Å². The van der Waals surface area contributed by atoms with Gasteiger partial charge >= 0.3 is 5.91 Å². The largest absolute Gasteiger partial charge is 0.507 e. The first-order valence-electron chi connectivity index (χ1n) is 9.97. The number of benzene rings is 2. The number of methoxy groups -OCH3 is 1. The first kappa shape index (κ1) is 23.4. The Labute approximate surface area is 203 Å². The maximum absolute atomic E-state index is 13.2. The van der Waals surface area contributed by atoms with Gasteiger partial charge in [-0.2, -0.15) is 0 Å². The normalized spacial score (nSPS) is 17.3. The molecule has 174 valence electrons. The molecule has 1 unspecified atom stereocenters. The van der Waals surface area contributed by atoms with E-state index in [1.807, 2.05) is 6.92 Å². The van der Waals surface area contributed by atoms with Crippen LogP contribution in [0.5, 0.6) is 5.75 Å². The number of amides is 1. The van der Waals surface area contributed by atoms with Crippen molar-refractivity contribution in [1.29, 1.82) is 0 Å². The summed E-state index contributed by atoms with van der Waals surface area (Å²) in [6.07, 6.45) is 0. The number of carbonyl (C=O) groups is 2. The number of anilines is 1. The lowest BCUT2D eigenvalue weighted by Crippen LogP contribution is -2.29. The Kier molecular flexibility index (Phi) is 6.11. The van der Waals surface area contributed by atoms with E-state index in [4.69, 9.17) is 16.3 Å². The fraction of sp³-hybridized carbons (Fsp3) is 0.174. The van der Waals surface area contributed by atoms with Crippen molar-refractivity contribution in [2.45, 2.75) is 19.9 Å². The fourth-order valence-electron chi connectivity index (χ4n) is 3.68. The van der Waals surface area contributed by atoms with Crippen LogP contribution in [0.3, 0.4) is 0 Å². The highest BCUT2D eigenvalue weighted by Gasteiger charge is 2.48. The van der Waals surface area contributed by atoms with Gasteiger partial charge in [-0.15, -0.1) is 11.3 Å². The van der Waals surface area contributed by atoms with Crippen molar-refractivity contribution in [3.05, 3.63) is 84.9 Å². The number of aliphatic hydroxyl groups is 1. The quantitative estimate of drug-likeness (QED) is 0.173. The van der Waals surface area contributed by atoms with Gasteiger partial charge in [-0.25, -0.2) is 4.98 Å². The molecule has 0 radical (unpaired) electrons. The van der Waals surface area contributed by atoms with Crippen LogP contribution in [0.4, 0.5) is 10.8 Å². The molecule has 1 N–H and O–H groups in total. The third-order valence-electron chi connectivity index (χ3n) is 5.49. The van der Waals surface area contributed by atoms with Gasteiger partial charge in [-0.1, -0.05) is 23.7 Å². The molecular formula is C23H18ClN3O6S. The Morgan fingerprint density at radius 3 is 2.56 bits per heavy atom. The number of thiazole rings is 1. The smallest absolute Gasteiger partial charge is 0.301 e. The highest BCUT2D eigenvalue weighted by atomic mass is 35.5. The number of halogens is 1. The molecule has 1 atom stereocenters. The van der Waals surface area contributed by atoms with Crippen LogP contribution in [0.15, 0.2) is 48.0 Å². The van der Waals surface area contributed by atoms with E-state index in [0.717, 1.165) is 4.88 Å². The maximum atomic E-state index is 13.2. The zero-order chi connectivity index (χ0) is 24.7. The van der Waals surface area contributed by atoms with Crippen LogP contribution < -0.4 is 9.64 Å². The van der Waals surface area contributed by atoms with Gasteiger partial charge in [0, 0.05) is 22.6 Å². The summed E-state index contributed by atoms with van der Waals surface area (Å²) in [5.74, 6) is -1.94. The minimum absolute atomic E-state index is 0.186. The minimum atomic E-state index is -1.13. The Hall–Kier alpha value is -3.76. The van der Waals surface area contributed by atoms with Crippen LogP contribution in [-0.2, 0) is 9.59 Å². The number of Topliss-reactive ketones (excluding diaryl/α,β-unsaturated/α-hetero) is 1. The molecule has 1 fully saturated rings. The zero-order valence-electron chi connectivity index (χ0n) is 18.2. The molecule has 1 aromatic heterocycles. The minimum Gasteiger partial charge on any atom is -0.507 e. The molecule has 1 aliphatic rings. The Balaban J connectivity index is 1.97. The summed E-state index contributed by atoms with van der Waals surface area (Å²) in [4.78, 5) is 43.6. The molecule has 2 aromatic carbocycles. The summed E-state index contributed by atoms with van der Waals surface area (Å²) in [7, 11) is 1.44. The van der Waals surface area contributed by atoms with Gasteiger partial charge in [0.05, 0.1) is 34.4 Å². The summed E-state index contributed by atoms with van der Waals surface area (Å²) in [5, 5.41) is 23.0. The molecular weight excluding hydrogens is 482 g/mol. The molecule has 4 rings (SSSR count). The fourth-order valence-corrected chi connectivity index (χ4v) is 4.88. The van der Waals surface area contributed by atoms with E-state index in [0.29, 0.717) is 11.4 Å². The lowest BCUT2D eigenvalue weighted by Gasteiger charge is -2.23. The Bertz CT molecular complexity index is 1360. The van der Waals surface area contributed by atoms with E-state index in [1.54, 1.807) is 13.0 Å². The number of carbonyl (C=O) groups excluding carboxylic acids is 2. The topological polar surface area (TPSA) is 123 Å². The standard InChI is InChI=1S/C23H18ClN3O6S/c1-11-12(2)34-23(25-11)26-19(13-5-4-6-15(9-13)27(31)32)18(21(29)22(26)30)20(28)14-7-8-17(33-3)16(24)10-14/h4-10,19,28H,1-3H3/b20-18+. The molecule has 0 aliphatic carbocycles. The number of ketones is 1. The Morgan fingerprint density at radius 2 is 1.97 bits per heavy atom. The van der Waals surface area contributed by atoms with E-state index < -0.39 is 28.4 Å². The molecule has 11 heteroatoms. The number of rotatable bonds is 5. The number of non-ortho nitro benzene ring substituents is 1. The predicted octanol–water partition coefficient (Wildman–Crippen LogP) is 4.96. The predicted molar refractivity (Wildman–Crippen MR) is 127 cm³/mol. The second-order valence-electron chi connectivity index (χ2n) is 7.51. The molecule has 1 saturated heterocycles. The summed E-state index contributed by atoms with van der Waals surface area (Å²) in [6, 6.07) is 8.87. The second-order valence-corrected chi connectivity index (χ2v) is 9.10. The van der Waals surface area contributed by atoms with Gasteiger partial charge in [0.15, 0.2) is 5.13 Å². The van der Waals surface area contributed by atoms with Crippen molar-refractivity contribution < 1.29 is 24.4 Å². The van der Waals surface area contributed by atoms with Gasteiger partial charge in [0.1, 0.15) is 11.5 Å². The van der Waals surface area contributed by atoms with Crippen molar-refractivity contribution in [2.75, 3.05) is 12.0 Å². The van der Waals surface area contributed by atoms with Crippen molar-refractivity contribution in [2.24, 2.45) is 0 Å². The molecule has 34 heavy (non-hydrogen) atoms. The monoisotopic (exact) mass is 499 g/mol. The third-order valence-corrected chi connectivity index (χ3v) is 6.86. The lowest BCUT2D eigenvalue weighted by atomic mass is 9.95. The molecule has 3 aromatic rings. The molecule has 1 aliphatic heterocycles. The van der Waals surface area contributed by atoms with Crippen LogP contribution >= 0.6 is 22.9 Å². The van der Waals surface area contributed by atoms with Crippen molar-refractivity contribution in [3.63, 3.8) is 0 Å². The number of nitro groups is 1. The third kappa shape index (κ3) is 3.91. The average molecular weight is 500 g/mol. The zero-order valence-corrected chi connectivity index (χ0v) is 19.8. The molecule has 1 amide bonds. The van der Waals surface area contributed by atoms with Crippen molar-refractivity contribution in [1.82, 2.24) is 4.98 Å². The van der Waals surface area contributed by atoms with Crippen LogP contribution in [0, 0.1) is 24.0 Å². The highest BCUT2D eigenvalue weighted by Crippen LogP contribution is 2.44. The SMILES string of the molecule is COc1ccc(/C(O)=C2\C(=O)C(=O)N(c3nc(C)c(C)s3)C2c2cccc([N+](=O)[O-])c2)cc1Cl. The van der Waals surface area contributed by atoms with Crippen LogP contribution in [0.1, 0.15) is 27.7 Å². The number of aryl methyl sites for hydroxylation is 2. The van der Waals surface area contributed by atoms with E-state index in [1.165, 1.54) is 59.7 Å². The molecule has 0 saturated carbocycles. The van der Waals surface area contributed by atoms with Gasteiger partial charge in [-0.3, -0.25) is 24.6 Å². The molecule has 0 bridgehead atoms.